The molecule has 8 heteroatoms. The average molecular weight is 326 g/mol. The van der Waals surface area contributed by atoms with Gasteiger partial charge >= 0.3 is 0 Å². The fourth-order valence-electron chi connectivity index (χ4n) is 2.37. The molecular formula is C14H16F2N4OS. The maximum Gasteiger partial charge on any atom is 0.199 e. The Labute approximate surface area is 131 Å². The third-order valence-corrected chi connectivity index (χ3v) is 4.09. The summed E-state index contributed by atoms with van der Waals surface area (Å²) in [5.74, 6) is -1.24. The normalized spacial score (nSPS) is 14.4. The molecule has 1 fully saturated rings. The Morgan fingerprint density at radius 1 is 1.36 bits per heavy atom. The predicted octanol–water partition coefficient (Wildman–Crippen LogP) is 2.61. The second-order valence-electron chi connectivity index (χ2n) is 5.40. The number of hydrogen-bond acceptors (Lipinski definition) is 4. The van der Waals surface area contributed by atoms with Crippen LogP contribution in [0.5, 0.6) is 0 Å². The van der Waals surface area contributed by atoms with Crippen molar-refractivity contribution in [3.63, 3.8) is 0 Å². The Kier molecular flexibility index (Phi) is 3.96. The Morgan fingerprint density at radius 2 is 2.09 bits per heavy atom. The minimum absolute atomic E-state index is 0.179. The Morgan fingerprint density at radius 3 is 2.68 bits per heavy atom. The number of hydrogen-bond donors (Lipinski definition) is 1. The molecule has 0 spiro atoms. The zero-order valence-corrected chi connectivity index (χ0v) is 12.9. The first-order valence-electron chi connectivity index (χ1n) is 6.96. The lowest BCUT2D eigenvalue weighted by atomic mass is 10.3. The summed E-state index contributed by atoms with van der Waals surface area (Å²) >= 11 is 5.40. The highest BCUT2D eigenvalue weighted by atomic mass is 32.1. The molecule has 1 heterocycles. The van der Waals surface area contributed by atoms with E-state index in [0.29, 0.717) is 22.3 Å². The van der Waals surface area contributed by atoms with E-state index in [1.807, 2.05) is 4.57 Å². The number of aromatic nitrogens is 3. The zero-order chi connectivity index (χ0) is 15.9. The van der Waals surface area contributed by atoms with Crippen LogP contribution in [0.25, 0.3) is 0 Å². The van der Waals surface area contributed by atoms with Crippen LogP contribution in [0, 0.1) is 16.4 Å². The molecule has 0 radical (unpaired) electrons. The predicted molar refractivity (Wildman–Crippen MR) is 80.0 cm³/mol. The van der Waals surface area contributed by atoms with Gasteiger partial charge in [-0.3, -0.25) is 4.57 Å². The lowest BCUT2D eigenvalue weighted by molar-refractivity contribution is 0.263. The monoisotopic (exact) mass is 326 g/mol. The van der Waals surface area contributed by atoms with Crippen LogP contribution in [-0.4, -0.2) is 26.5 Å². The number of benzene rings is 1. The van der Waals surface area contributed by atoms with Crippen molar-refractivity contribution in [1.29, 1.82) is 0 Å². The number of rotatable bonds is 5. The molecule has 1 saturated carbocycles. The van der Waals surface area contributed by atoms with Gasteiger partial charge in [0.05, 0.1) is 0 Å². The molecule has 5 nitrogen and oxygen atoms in total. The van der Waals surface area contributed by atoms with E-state index in [2.05, 4.69) is 5.10 Å². The molecule has 3 rings (SSSR count). The molecule has 1 aliphatic carbocycles. The standard InChI is InChI=1S/C14H16F2N4OS/c1-18(10-4-5-11(15)12(16)6-10)8-19-14(22)20(9-2-3-9)13(7-21)17-19/h4-6,9,21H,2-3,7-8H2,1H3. The third-order valence-electron chi connectivity index (χ3n) is 3.68. The van der Waals surface area contributed by atoms with Gasteiger partial charge in [0.25, 0.3) is 0 Å². The fourth-order valence-corrected chi connectivity index (χ4v) is 2.72. The summed E-state index contributed by atoms with van der Waals surface area (Å²) in [6, 6.07) is 4.02. The molecule has 1 aliphatic rings. The van der Waals surface area contributed by atoms with E-state index >= 15 is 0 Å². The van der Waals surface area contributed by atoms with Crippen molar-refractivity contribution in [1.82, 2.24) is 14.3 Å². The van der Waals surface area contributed by atoms with Crippen molar-refractivity contribution in [2.75, 3.05) is 11.9 Å². The van der Waals surface area contributed by atoms with E-state index in [-0.39, 0.29) is 13.3 Å². The minimum atomic E-state index is -0.896. The first-order chi connectivity index (χ1) is 10.5. The highest BCUT2D eigenvalue weighted by Crippen LogP contribution is 2.36. The molecule has 118 valence electrons. The lowest BCUT2D eigenvalue weighted by Crippen LogP contribution is -2.22. The van der Waals surface area contributed by atoms with Crippen LogP contribution in [0.1, 0.15) is 24.7 Å². The second kappa shape index (κ2) is 5.77. The third kappa shape index (κ3) is 2.76. The number of halogens is 2. The number of aliphatic hydroxyl groups is 1. The van der Waals surface area contributed by atoms with Crippen molar-refractivity contribution in [3.05, 3.63) is 40.4 Å². The first-order valence-corrected chi connectivity index (χ1v) is 7.37. The topological polar surface area (TPSA) is 46.2 Å². The van der Waals surface area contributed by atoms with Crippen molar-refractivity contribution in [2.45, 2.75) is 32.2 Å². The van der Waals surface area contributed by atoms with Gasteiger partial charge in [-0.15, -0.1) is 0 Å². The van der Waals surface area contributed by atoms with Crippen LogP contribution < -0.4 is 4.90 Å². The van der Waals surface area contributed by atoms with Gasteiger partial charge in [-0.1, -0.05) is 0 Å². The molecule has 0 atom stereocenters. The highest BCUT2D eigenvalue weighted by molar-refractivity contribution is 7.71. The summed E-state index contributed by atoms with van der Waals surface area (Å²) in [6.45, 7) is 0.110. The molecule has 0 saturated heterocycles. The number of aliphatic hydroxyl groups excluding tert-OH is 1. The highest BCUT2D eigenvalue weighted by Gasteiger charge is 2.28. The van der Waals surface area contributed by atoms with Crippen molar-refractivity contribution < 1.29 is 13.9 Å². The summed E-state index contributed by atoms with van der Waals surface area (Å²) in [4.78, 5) is 1.71. The van der Waals surface area contributed by atoms with Gasteiger partial charge in [0.15, 0.2) is 22.2 Å². The molecule has 22 heavy (non-hydrogen) atoms. The smallest absolute Gasteiger partial charge is 0.199 e. The van der Waals surface area contributed by atoms with Crippen LogP contribution in [0.15, 0.2) is 18.2 Å². The SMILES string of the molecule is CN(Cn1nc(CO)n(C2CC2)c1=S)c1ccc(F)c(F)c1. The van der Waals surface area contributed by atoms with Crippen LogP contribution in [0.2, 0.25) is 0 Å². The second-order valence-corrected chi connectivity index (χ2v) is 5.76. The van der Waals surface area contributed by atoms with Gasteiger partial charge in [0.2, 0.25) is 0 Å². The largest absolute Gasteiger partial charge is 0.388 e. The summed E-state index contributed by atoms with van der Waals surface area (Å²) in [6.07, 6.45) is 2.07. The van der Waals surface area contributed by atoms with Gasteiger partial charge in [0.1, 0.15) is 13.3 Å². The van der Waals surface area contributed by atoms with Gasteiger partial charge in [-0.05, 0) is 37.2 Å². The van der Waals surface area contributed by atoms with E-state index in [9.17, 15) is 13.9 Å². The fraction of sp³-hybridized carbons (Fsp3) is 0.429. The quantitative estimate of drug-likeness (QED) is 0.858. The summed E-state index contributed by atoms with van der Waals surface area (Å²) in [7, 11) is 1.74. The zero-order valence-electron chi connectivity index (χ0n) is 12.0. The maximum atomic E-state index is 13.3. The number of nitrogens with zero attached hydrogens (tertiary/aromatic N) is 4. The van der Waals surface area contributed by atoms with E-state index in [0.717, 1.165) is 25.0 Å². The first kappa shape index (κ1) is 15.1. The van der Waals surface area contributed by atoms with Crippen LogP contribution in [-0.2, 0) is 13.3 Å². The maximum absolute atomic E-state index is 13.3. The van der Waals surface area contributed by atoms with Crippen molar-refractivity contribution in [2.24, 2.45) is 0 Å². The van der Waals surface area contributed by atoms with Gasteiger partial charge in [-0.2, -0.15) is 5.10 Å². The Hall–Kier alpha value is -1.80. The molecular weight excluding hydrogens is 310 g/mol. The molecule has 0 bridgehead atoms. The summed E-state index contributed by atoms with van der Waals surface area (Å²) < 4.78 is 30.3. The van der Waals surface area contributed by atoms with Crippen molar-refractivity contribution in [3.8, 4) is 0 Å². The molecule has 1 N–H and O–H groups in total. The summed E-state index contributed by atoms with van der Waals surface area (Å²) in [5.41, 5.74) is 0.521. The lowest BCUT2D eigenvalue weighted by Gasteiger charge is -2.19. The van der Waals surface area contributed by atoms with Crippen LogP contribution >= 0.6 is 12.2 Å². The molecule has 1 aromatic carbocycles. The van der Waals surface area contributed by atoms with Gasteiger partial charge in [0, 0.05) is 24.8 Å². The van der Waals surface area contributed by atoms with Gasteiger partial charge < -0.3 is 10.0 Å². The molecule has 0 aliphatic heterocycles. The minimum Gasteiger partial charge on any atom is -0.388 e. The van der Waals surface area contributed by atoms with E-state index in [1.165, 1.54) is 6.07 Å². The molecule has 1 aromatic heterocycles. The Balaban J connectivity index is 1.86. The molecule has 0 amide bonds. The number of anilines is 1. The Bertz CT molecular complexity index is 754. The molecule has 2 aromatic rings. The van der Waals surface area contributed by atoms with E-state index in [4.69, 9.17) is 12.2 Å². The van der Waals surface area contributed by atoms with Crippen molar-refractivity contribution >= 4 is 17.9 Å². The van der Waals surface area contributed by atoms with E-state index in [1.54, 1.807) is 16.6 Å². The average Bonchev–Trinajstić information content (AvgIpc) is 3.28. The molecule has 0 unspecified atom stereocenters. The van der Waals surface area contributed by atoms with E-state index < -0.39 is 11.6 Å². The van der Waals surface area contributed by atoms with Crippen LogP contribution in [0.3, 0.4) is 0 Å². The van der Waals surface area contributed by atoms with Crippen LogP contribution in [0.4, 0.5) is 14.5 Å². The summed E-state index contributed by atoms with van der Waals surface area (Å²) in [5, 5.41) is 13.7. The van der Waals surface area contributed by atoms with Gasteiger partial charge in [-0.25, -0.2) is 13.5 Å².